The predicted molar refractivity (Wildman–Crippen MR) is 206 cm³/mol. The molecule has 4 aromatic carbocycles. The molecule has 0 aliphatic carbocycles. The van der Waals surface area contributed by atoms with E-state index in [9.17, 15) is 4.39 Å². The zero-order chi connectivity index (χ0) is 39.2. The molecular weight excluding hydrogens is 812 g/mol. The zero-order valence-electron chi connectivity index (χ0n) is 34.3. The molecule has 3 heterocycles. The number of hydrogen-bond donors (Lipinski definition) is 0. The van der Waals surface area contributed by atoms with E-state index in [1.54, 1.807) is 30.5 Å². The summed E-state index contributed by atoms with van der Waals surface area (Å²) in [6.07, 6.45) is 3.60. The maximum atomic E-state index is 14.2. The van der Waals surface area contributed by atoms with Crippen molar-refractivity contribution in [1.29, 1.82) is 0 Å². The molecule has 1 radical (unpaired) electrons. The smallest absolute Gasteiger partial charge is 0.131 e. The van der Waals surface area contributed by atoms with Crippen molar-refractivity contribution in [1.82, 2.24) is 9.97 Å². The summed E-state index contributed by atoms with van der Waals surface area (Å²) in [7, 11) is -1.61. The molecule has 0 amide bonds. The Kier molecular flexibility index (Phi) is 9.39. The maximum Gasteiger partial charge on any atom is 0.131 e. The van der Waals surface area contributed by atoms with Gasteiger partial charge >= 0.3 is 0 Å². The van der Waals surface area contributed by atoms with Crippen LogP contribution in [-0.4, -0.2) is 18.0 Å². The van der Waals surface area contributed by atoms with Gasteiger partial charge in [-0.3, -0.25) is 0 Å². The summed E-state index contributed by atoms with van der Waals surface area (Å²) in [4.78, 5) is 9.06. The monoisotopic (exact) mass is 860 g/mol. The molecule has 7 rings (SSSR count). The van der Waals surface area contributed by atoms with Crippen molar-refractivity contribution in [3.63, 3.8) is 0 Å². The number of fused-ring (bicyclic) bond motifs is 3. The van der Waals surface area contributed by atoms with Gasteiger partial charge in [0.25, 0.3) is 0 Å². The fraction of sp³-hybridized carbons (Fsp3) is 0.227. The SMILES string of the molecule is [2H]C(C)(C)c1ccnc(-c2[c-]ccc3c2oc2cc(-c4ccccc4F)ccc23)c1.[2H]C([2H])([2H])c1c[c-]c(-c2cc(C([2H])(C)C)c([Si](C)(C)C)cn2)cc1.[Ir]. The van der Waals surface area contributed by atoms with E-state index in [1.165, 1.54) is 17.3 Å². The van der Waals surface area contributed by atoms with Crippen LogP contribution in [0.4, 0.5) is 4.39 Å². The van der Waals surface area contributed by atoms with Gasteiger partial charge in [-0.15, -0.1) is 53.6 Å². The number of nitrogens with zero attached hydrogens (tertiary/aromatic N) is 2. The Hall–Kier alpha value is -4.22. The van der Waals surface area contributed by atoms with E-state index in [4.69, 9.17) is 11.3 Å². The van der Waals surface area contributed by atoms with Crippen LogP contribution in [0.15, 0.2) is 108 Å². The number of aryl methyl sites for hydroxylation is 1. The van der Waals surface area contributed by atoms with Crippen LogP contribution in [0.3, 0.4) is 0 Å². The Morgan fingerprint density at radius 2 is 1.64 bits per heavy atom. The number of aromatic nitrogens is 2. The molecule has 0 fully saturated rings. The van der Waals surface area contributed by atoms with Gasteiger partial charge in [0.2, 0.25) is 0 Å². The molecule has 0 aliphatic rings. The quantitative estimate of drug-likeness (QED) is 0.124. The number of hydrogen-bond acceptors (Lipinski definition) is 3. The Bertz CT molecular complexity index is 2460. The van der Waals surface area contributed by atoms with Crippen molar-refractivity contribution < 1.29 is 35.8 Å². The summed E-state index contributed by atoms with van der Waals surface area (Å²) in [6, 6.07) is 33.1. The molecule has 6 heteroatoms. The molecular formula is C44H43FIrN2OSi-2. The van der Waals surface area contributed by atoms with E-state index in [2.05, 4.69) is 41.7 Å². The van der Waals surface area contributed by atoms with Crippen molar-refractivity contribution >= 4 is 35.2 Å². The van der Waals surface area contributed by atoms with Gasteiger partial charge in [0, 0.05) is 50.3 Å². The van der Waals surface area contributed by atoms with Crippen molar-refractivity contribution in [2.75, 3.05) is 0 Å². The number of pyridine rings is 2. The molecule has 0 saturated carbocycles. The Morgan fingerprint density at radius 3 is 2.32 bits per heavy atom. The molecule has 0 atom stereocenters. The van der Waals surface area contributed by atoms with Crippen molar-refractivity contribution in [2.24, 2.45) is 0 Å². The zero-order valence-corrected chi connectivity index (χ0v) is 32.7. The van der Waals surface area contributed by atoms with Gasteiger partial charge in [0.05, 0.1) is 13.7 Å². The standard InChI is InChI=1S/C26H19FNO.C18H24NSi.Ir/c1-16(2)17-12-13-28-24(14-17)22-8-5-7-21-20-11-10-18(15-25(20)29-26(21)22)19-6-3-4-9-23(19)27;1-13(2)16-11-17(15-9-7-14(3)8-10-15)19-12-18(16)20(4,5)6;/h3-7,9-16H,1-2H3;7-9,11-13H,1-6H3;/q2*-1;/i16D;3D3,13D;. The first-order valence-electron chi connectivity index (χ1n) is 18.8. The first-order valence-corrected chi connectivity index (χ1v) is 19.8. The maximum absolute atomic E-state index is 14.2. The van der Waals surface area contributed by atoms with Crippen LogP contribution >= 0.6 is 0 Å². The molecule has 0 spiro atoms. The minimum absolute atomic E-state index is 0. The van der Waals surface area contributed by atoms with Crippen LogP contribution in [0, 0.1) is 24.8 Å². The molecule has 3 aromatic heterocycles. The third kappa shape index (κ3) is 7.89. The first kappa shape index (κ1) is 30.6. The first-order chi connectivity index (χ1) is 25.2. The Morgan fingerprint density at radius 1 is 0.840 bits per heavy atom. The molecule has 0 saturated heterocycles. The van der Waals surface area contributed by atoms with E-state index in [1.807, 2.05) is 88.5 Å². The molecule has 0 N–H and O–H groups in total. The fourth-order valence-corrected chi connectivity index (χ4v) is 7.45. The van der Waals surface area contributed by atoms with Crippen LogP contribution < -0.4 is 5.19 Å². The molecule has 7 aromatic rings. The van der Waals surface area contributed by atoms with Crippen LogP contribution in [0.5, 0.6) is 0 Å². The summed E-state index contributed by atoms with van der Waals surface area (Å²) in [5, 5.41) is 3.10. The topological polar surface area (TPSA) is 38.9 Å². The van der Waals surface area contributed by atoms with E-state index >= 15 is 0 Å². The molecule has 0 aliphatic heterocycles. The van der Waals surface area contributed by atoms with Crippen molar-refractivity contribution in [3.05, 3.63) is 138 Å². The molecule has 257 valence electrons. The third-order valence-electron chi connectivity index (χ3n) is 8.55. The number of halogens is 1. The minimum atomic E-state index is -2.13. The van der Waals surface area contributed by atoms with Crippen molar-refractivity contribution in [2.45, 2.75) is 66.0 Å². The van der Waals surface area contributed by atoms with Gasteiger partial charge in [0.1, 0.15) is 11.4 Å². The van der Waals surface area contributed by atoms with E-state index in [0.29, 0.717) is 22.4 Å². The number of furan rings is 1. The van der Waals surface area contributed by atoms with E-state index in [-0.39, 0.29) is 31.5 Å². The van der Waals surface area contributed by atoms with E-state index < -0.39 is 26.7 Å². The molecule has 0 unspecified atom stereocenters. The number of rotatable bonds is 6. The predicted octanol–water partition coefficient (Wildman–Crippen LogP) is 11.9. The van der Waals surface area contributed by atoms with Gasteiger partial charge in [-0.25, -0.2) is 4.39 Å². The molecule has 3 nitrogen and oxygen atoms in total. The Balaban J connectivity index is 0.000000213. The van der Waals surface area contributed by atoms with Gasteiger partial charge in [0.15, 0.2) is 0 Å². The van der Waals surface area contributed by atoms with Crippen LogP contribution in [0.25, 0.3) is 55.6 Å². The van der Waals surface area contributed by atoms with Gasteiger partial charge < -0.3 is 14.4 Å². The third-order valence-corrected chi connectivity index (χ3v) is 10.6. The van der Waals surface area contributed by atoms with Gasteiger partial charge in [-0.1, -0.05) is 119 Å². The molecule has 0 bridgehead atoms. The largest absolute Gasteiger partial charge is 0.501 e. The second-order valence-electron chi connectivity index (χ2n) is 13.7. The van der Waals surface area contributed by atoms with Crippen LogP contribution in [0.1, 0.15) is 63.0 Å². The summed E-state index contributed by atoms with van der Waals surface area (Å²) in [6.45, 7) is 12.1. The fourth-order valence-electron chi connectivity index (χ4n) is 5.87. The minimum Gasteiger partial charge on any atom is -0.501 e. The van der Waals surface area contributed by atoms with Gasteiger partial charge in [-0.2, -0.15) is 0 Å². The summed E-state index contributed by atoms with van der Waals surface area (Å²) in [5.74, 6) is -1.71. The second kappa shape index (κ2) is 15.3. The van der Waals surface area contributed by atoms with Gasteiger partial charge in [-0.05, 0) is 52.1 Å². The second-order valence-corrected chi connectivity index (χ2v) is 18.7. The van der Waals surface area contributed by atoms with Crippen LogP contribution in [-0.2, 0) is 20.1 Å². The molecule has 50 heavy (non-hydrogen) atoms. The number of benzene rings is 4. The summed E-state index contributed by atoms with van der Waals surface area (Å²) in [5.41, 5.74) is 7.74. The average molecular weight is 860 g/mol. The van der Waals surface area contributed by atoms with E-state index in [0.717, 1.165) is 44.3 Å². The van der Waals surface area contributed by atoms with Crippen LogP contribution in [0.2, 0.25) is 19.6 Å². The summed E-state index contributed by atoms with van der Waals surface area (Å²) >= 11 is 0. The van der Waals surface area contributed by atoms with Crippen molar-refractivity contribution in [3.8, 4) is 33.6 Å². The normalized spacial score (nSPS) is 13.6. The average Bonchev–Trinajstić information content (AvgIpc) is 3.49. The summed E-state index contributed by atoms with van der Waals surface area (Å²) < 4.78 is 59.6. The Labute approximate surface area is 317 Å².